The van der Waals surface area contributed by atoms with Gasteiger partial charge in [-0.25, -0.2) is 9.78 Å². The van der Waals surface area contributed by atoms with Crippen molar-refractivity contribution in [2.45, 2.75) is 47.0 Å². The van der Waals surface area contributed by atoms with Crippen molar-refractivity contribution in [3.63, 3.8) is 0 Å². The lowest BCUT2D eigenvalue weighted by Gasteiger charge is -2.25. The number of pyridine rings is 1. The number of rotatable bonds is 6. The van der Waals surface area contributed by atoms with Crippen LogP contribution in [0.3, 0.4) is 0 Å². The number of esters is 1. The number of carbonyl (C=O) groups excluding carboxylic acids is 4. The Kier molecular flexibility index (Phi) is 7.42. The van der Waals surface area contributed by atoms with Crippen LogP contribution in [0, 0.1) is 38.5 Å². The SMILES string of the molecule is Cc1ccc2nc(-c3ccc(N4C(=O)[C@@H]5CC[C@@H](C)C[C@H]5C4=O)cc3)cc(C(=O)OCC(=O)c3ccc(C)c(C)c3)c2c1. The quantitative estimate of drug-likeness (QED) is 0.143. The molecule has 0 bridgehead atoms. The van der Waals surface area contributed by atoms with Crippen LogP contribution >= 0.6 is 0 Å². The zero-order chi connectivity index (χ0) is 30.4. The summed E-state index contributed by atoms with van der Waals surface area (Å²) in [5.74, 6) is -1.15. The van der Waals surface area contributed by atoms with Gasteiger partial charge in [-0.15, -0.1) is 0 Å². The van der Waals surface area contributed by atoms with Gasteiger partial charge < -0.3 is 4.74 Å². The van der Waals surface area contributed by atoms with Crippen LogP contribution in [0.25, 0.3) is 22.2 Å². The zero-order valence-corrected chi connectivity index (χ0v) is 24.8. The van der Waals surface area contributed by atoms with Crippen molar-refractivity contribution in [2.24, 2.45) is 17.8 Å². The lowest BCUT2D eigenvalue weighted by atomic mass is 9.76. The van der Waals surface area contributed by atoms with Crippen LogP contribution in [0.15, 0.2) is 66.7 Å². The van der Waals surface area contributed by atoms with E-state index in [9.17, 15) is 19.2 Å². The first-order valence-electron chi connectivity index (χ1n) is 14.8. The number of aromatic nitrogens is 1. The van der Waals surface area contributed by atoms with Crippen molar-refractivity contribution in [2.75, 3.05) is 11.5 Å². The number of hydrogen-bond acceptors (Lipinski definition) is 6. The number of hydrogen-bond donors (Lipinski definition) is 0. The van der Waals surface area contributed by atoms with Crippen molar-refractivity contribution in [1.82, 2.24) is 4.98 Å². The summed E-state index contributed by atoms with van der Waals surface area (Å²) < 4.78 is 5.52. The monoisotopic (exact) mass is 574 g/mol. The molecular weight excluding hydrogens is 540 g/mol. The smallest absolute Gasteiger partial charge is 0.339 e. The minimum absolute atomic E-state index is 0.116. The molecule has 218 valence electrons. The summed E-state index contributed by atoms with van der Waals surface area (Å²) in [6.07, 6.45) is 2.46. The lowest BCUT2D eigenvalue weighted by Crippen LogP contribution is -2.30. The molecule has 4 aromatic rings. The van der Waals surface area contributed by atoms with Crippen LogP contribution in [0.1, 0.15) is 63.6 Å². The summed E-state index contributed by atoms with van der Waals surface area (Å²) in [6, 6.07) is 19.9. The molecular formula is C36H34N2O5. The van der Waals surface area contributed by atoms with E-state index < -0.39 is 5.97 Å². The molecule has 43 heavy (non-hydrogen) atoms. The Morgan fingerprint density at radius 3 is 2.35 bits per heavy atom. The minimum atomic E-state index is -0.613. The number of anilines is 1. The first-order valence-corrected chi connectivity index (χ1v) is 14.8. The summed E-state index contributed by atoms with van der Waals surface area (Å²) in [4.78, 5) is 58.6. The number of Topliss-reactive ketones (excluding diaryl/α,β-unsaturated/α-hetero) is 1. The van der Waals surface area contributed by atoms with Crippen molar-refractivity contribution < 1.29 is 23.9 Å². The normalized spacial score (nSPS) is 19.9. The Bertz CT molecular complexity index is 1790. The van der Waals surface area contributed by atoms with Gasteiger partial charge in [0.25, 0.3) is 0 Å². The number of imide groups is 1. The summed E-state index contributed by atoms with van der Waals surface area (Å²) >= 11 is 0. The number of ketones is 1. The summed E-state index contributed by atoms with van der Waals surface area (Å²) in [6.45, 7) is 7.60. The van der Waals surface area contributed by atoms with Gasteiger partial charge in [0.2, 0.25) is 11.8 Å². The summed E-state index contributed by atoms with van der Waals surface area (Å²) in [5, 5.41) is 0.633. The third-order valence-corrected chi connectivity index (χ3v) is 8.96. The molecule has 0 N–H and O–H groups in total. The second-order valence-electron chi connectivity index (χ2n) is 12.1. The van der Waals surface area contributed by atoms with Crippen LogP contribution in [0.5, 0.6) is 0 Å². The molecule has 1 aliphatic carbocycles. The highest BCUT2D eigenvalue weighted by Crippen LogP contribution is 2.42. The van der Waals surface area contributed by atoms with Gasteiger partial charge in [0.05, 0.1) is 34.3 Å². The third kappa shape index (κ3) is 5.36. The van der Waals surface area contributed by atoms with E-state index in [0.29, 0.717) is 39.3 Å². The van der Waals surface area contributed by atoms with E-state index in [4.69, 9.17) is 9.72 Å². The second-order valence-corrected chi connectivity index (χ2v) is 12.1. The van der Waals surface area contributed by atoms with Gasteiger partial charge in [0.1, 0.15) is 0 Å². The van der Waals surface area contributed by atoms with Gasteiger partial charge in [-0.2, -0.15) is 0 Å². The molecule has 0 radical (unpaired) electrons. The van der Waals surface area contributed by atoms with Crippen molar-refractivity contribution in [3.8, 4) is 11.3 Å². The van der Waals surface area contributed by atoms with Gasteiger partial charge in [0.15, 0.2) is 12.4 Å². The molecule has 3 aromatic carbocycles. The van der Waals surface area contributed by atoms with E-state index in [-0.39, 0.29) is 36.0 Å². The largest absolute Gasteiger partial charge is 0.454 e. The number of amides is 2. The molecule has 7 nitrogen and oxygen atoms in total. The van der Waals surface area contributed by atoms with Gasteiger partial charge in [-0.1, -0.05) is 42.8 Å². The molecule has 1 aliphatic heterocycles. The van der Waals surface area contributed by atoms with Crippen molar-refractivity contribution in [1.29, 1.82) is 0 Å². The number of carbonyl (C=O) groups is 4. The summed E-state index contributed by atoms with van der Waals surface area (Å²) in [7, 11) is 0. The third-order valence-electron chi connectivity index (χ3n) is 8.96. The average Bonchev–Trinajstić information content (AvgIpc) is 3.25. The van der Waals surface area contributed by atoms with Gasteiger partial charge in [-0.05, 0) is 93.5 Å². The fraction of sp³-hybridized carbons (Fsp3) is 0.306. The highest BCUT2D eigenvalue weighted by Gasteiger charge is 2.49. The molecule has 7 heteroatoms. The second kappa shape index (κ2) is 11.2. The minimum Gasteiger partial charge on any atom is -0.454 e. The Hall–Kier alpha value is -4.65. The fourth-order valence-corrected chi connectivity index (χ4v) is 6.29. The maximum absolute atomic E-state index is 13.4. The van der Waals surface area contributed by atoms with E-state index in [2.05, 4.69) is 6.92 Å². The molecule has 3 atom stereocenters. The van der Waals surface area contributed by atoms with Crippen LogP contribution in [0.4, 0.5) is 5.69 Å². The summed E-state index contributed by atoms with van der Waals surface area (Å²) in [5.41, 5.74) is 6.26. The van der Waals surface area contributed by atoms with E-state index in [1.807, 2.05) is 45.0 Å². The van der Waals surface area contributed by atoms with Gasteiger partial charge in [0, 0.05) is 16.5 Å². The number of aryl methyl sites for hydroxylation is 3. The number of fused-ring (bicyclic) bond motifs is 2. The first-order chi connectivity index (χ1) is 20.6. The molecule has 1 saturated carbocycles. The van der Waals surface area contributed by atoms with Crippen LogP contribution in [-0.4, -0.2) is 35.2 Å². The first kappa shape index (κ1) is 28.5. The van der Waals surface area contributed by atoms with Crippen LogP contribution < -0.4 is 4.90 Å². The van der Waals surface area contributed by atoms with Crippen LogP contribution in [0.2, 0.25) is 0 Å². The van der Waals surface area contributed by atoms with Crippen molar-refractivity contribution >= 4 is 40.2 Å². The highest BCUT2D eigenvalue weighted by molar-refractivity contribution is 6.22. The highest BCUT2D eigenvalue weighted by atomic mass is 16.5. The predicted molar refractivity (Wildman–Crippen MR) is 165 cm³/mol. The van der Waals surface area contributed by atoms with Gasteiger partial charge in [-0.3, -0.25) is 19.3 Å². The topological polar surface area (TPSA) is 93.6 Å². The number of benzene rings is 3. The molecule has 2 heterocycles. The predicted octanol–water partition coefficient (Wildman–Crippen LogP) is 6.79. The fourth-order valence-electron chi connectivity index (χ4n) is 6.29. The molecule has 0 unspecified atom stereocenters. The molecule has 2 amide bonds. The van der Waals surface area contributed by atoms with Gasteiger partial charge >= 0.3 is 5.97 Å². The number of nitrogens with zero attached hydrogens (tertiary/aromatic N) is 2. The maximum Gasteiger partial charge on any atom is 0.339 e. The molecule has 6 rings (SSSR count). The molecule has 1 aromatic heterocycles. The van der Waals surface area contributed by atoms with E-state index in [1.54, 1.807) is 42.5 Å². The Labute approximate surface area is 250 Å². The molecule has 2 aliphatic rings. The van der Waals surface area contributed by atoms with E-state index >= 15 is 0 Å². The zero-order valence-electron chi connectivity index (χ0n) is 24.8. The lowest BCUT2D eigenvalue weighted by molar-refractivity contribution is -0.122. The average molecular weight is 575 g/mol. The molecule has 1 saturated heterocycles. The Morgan fingerprint density at radius 1 is 0.860 bits per heavy atom. The van der Waals surface area contributed by atoms with E-state index in [1.165, 1.54) is 4.90 Å². The number of ether oxygens (including phenoxy) is 1. The standard InChI is InChI=1S/C36H34N2O5/c1-20-5-13-27-29(16-20)35(41)38(34(27)40)26-11-9-24(10-12-26)32-18-30(28-15-21(2)6-14-31(28)37-32)36(42)43-19-33(39)25-8-7-22(3)23(4)17-25/h6-12,14-15,17-18,20,27,29H,5,13,16,19H2,1-4H3/t20-,27-,29-/m1/s1. The van der Waals surface area contributed by atoms with Crippen molar-refractivity contribution in [3.05, 3.63) is 94.5 Å². The maximum atomic E-state index is 13.4. The Balaban J connectivity index is 1.27. The Morgan fingerprint density at radius 2 is 1.60 bits per heavy atom. The molecule has 2 fully saturated rings. The van der Waals surface area contributed by atoms with E-state index in [0.717, 1.165) is 41.5 Å². The molecule has 0 spiro atoms. The van der Waals surface area contributed by atoms with Crippen LogP contribution in [-0.2, 0) is 14.3 Å².